The number of methoxy groups -OCH3 is 2. The smallest absolute Gasteiger partial charge is 0.326 e. The number of pyridine rings is 1. The second-order valence-electron chi connectivity index (χ2n) is 10.2. The number of amides is 3. The third-order valence-electron chi connectivity index (χ3n) is 8.12. The summed E-state index contributed by atoms with van der Waals surface area (Å²) in [5.74, 6) is 0.880. The van der Waals surface area contributed by atoms with Crippen LogP contribution >= 0.6 is 0 Å². The lowest BCUT2D eigenvalue weighted by Gasteiger charge is -2.43. The van der Waals surface area contributed by atoms with Crippen molar-refractivity contribution in [1.29, 1.82) is 0 Å². The van der Waals surface area contributed by atoms with E-state index in [4.69, 9.17) is 14.5 Å². The number of benzene rings is 1. The largest absolute Gasteiger partial charge is 0.481 e. The van der Waals surface area contributed by atoms with Crippen LogP contribution in [0.5, 0.6) is 5.88 Å². The summed E-state index contributed by atoms with van der Waals surface area (Å²) in [6, 6.07) is 8.63. The number of hydrazine groups is 1. The highest BCUT2D eigenvalue weighted by Crippen LogP contribution is 2.40. The molecular weight excluding hydrogens is 491 g/mol. The molecule has 1 aromatic heterocycles. The normalized spacial score (nSPS) is 19.6. The van der Waals surface area contributed by atoms with Gasteiger partial charge in [0.15, 0.2) is 0 Å². The summed E-state index contributed by atoms with van der Waals surface area (Å²) in [5.41, 5.74) is 8.01. The minimum atomic E-state index is -0.521. The molecule has 5 rings (SSSR count). The molecule has 38 heavy (non-hydrogen) atoms. The van der Waals surface area contributed by atoms with E-state index in [0.29, 0.717) is 49.7 Å². The molecule has 0 bridgehead atoms. The van der Waals surface area contributed by atoms with Crippen molar-refractivity contribution in [2.24, 2.45) is 0 Å². The molecule has 2 aromatic rings. The number of halogens is 1. The minimum Gasteiger partial charge on any atom is -0.481 e. The number of urea groups is 1. The van der Waals surface area contributed by atoms with E-state index in [0.717, 1.165) is 24.2 Å². The lowest BCUT2D eigenvalue weighted by atomic mass is 9.86. The number of rotatable bonds is 7. The fourth-order valence-electron chi connectivity index (χ4n) is 5.77. The molecule has 3 amide bonds. The van der Waals surface area contributed by atoms with Crippen molar-refractivity contribution < 1.29 is 23.5 Å². The molecule has 4 heterocycles. The first-order chi connectivity index (χ1) is 18.4. The van der Waals surface area contributed by atoms with Gasteiger partial charge in [0.05, 0.1) is 19.2 Å². The van der Waals surface area contributed by atoms with Crippen LogP contribution in [0.2, 0.25) is 0 Å². The second-order valence-corrected chi connectivity index (χ2v) is 10.2. The number of hydrogen-bond acceptors (Lipinski definition) is 7. The maximum Gasteiger partial charge on any atom is 0.326 e. The van der Waals surface area contributed by atoms with E-state index in [1.807, 2.05) is 23.1 Å². The molecule has 0 saturated carbocycles. The van der Waals surface area contributed by atoms with E-state index in [1.54, 1.807) is 29.9 Å². The number of carbonyl (C=O) groups excluding carboxylic acids is 2. The van der Waals surface area contributed by atoms with E-state index >= 15 is 0 Å². The molecule has 11 heteroatoms. The average molecular weight is 527 g/mol. The van der Waals surface area contributed by atoms with Crippen LogP contribution in [0.3, 0.4) is 0 Å². The molecule has 0 unspecified atom stereocenters. The van der Waals surface area contributed by atoms with Gasteiger partial charge in [-0.05, 0) is 49.1 Å². The maximum atomic E-state index is 14.4. The number of piperidine rings is 1. The number of ether oxygens (including phenoxy) is 2. The first-order valence-corrected chi connectivity index (χ1v) is 13.0. The quantitative estimate of drug-likeness (QED) is 0.571. The van der Waals surface area contributed by atoms with Crippen molar-refractivity contribution in [3.05, 3.63) is 52.8 Å². The summed E-state index contributed by atoms with van der Waals surface area (Å²) >= 11 is 0. The minimum absolute atomic E-state index is 0.0341. The number of likely N-dealkylation sites (tertiary alicyclic amines) is 1. The molecule has 3 fully saturated rings. The molecule has 1 spiro atoms. The van der Waals surface area contributed by atoms with Crippen molar-refractivity contribution >= 4 is 17.8 Å². The van der Waals surface area contributed by atoms with Gasteiger partial charge in [-0.25, -0.2) is 9.18 Å². The Morgan fingerprint density at radius 3 is 2.58 bits per heavy atom. The van der Waals surface area contributed by atoms with Gasteiger partial charge in [-0.2, -0.15) is 4.98 Å². The van der Waals surface area contributed by atoms with E-state index in [2.05, 4.69) is 10.9 Å². The topological polar surface area (TPSA) is 99.3 Å². The van der Waals surface area contributed by atoms with E-state index in [9.17, 15) is 14.0 Å². The Balaban J connectivity index is 1.45. The van der Waals surface area contributed by atoms with Crippen LogP contribution in [0.4, 0.5) is 15.0 Å². The van der Waals surface area contributed by atoms with Gasteiger partial charge in [-0.15, -0.1) is 0 Å². The lowest BCUT2D eigenvalue weighted by molar-refractivity contribution is -0.137. The van der Waals surface area contributed by atoms with Crippen molar-refractivity contribution in [3.63, 3.8) is 0 Å². The van der Waals surface area contributed by atoms with Crippen molar-refractivity contribution in [2.75, 3.05) is 58.5 Å². The third-order valence-corrected chi connectivity index (χ3v) is 8.12. The number of nitrogens with one attached hydrogen (secondary N) is 2. The lowest BCUT2D eigenvalue weighted by Crippen LogP contribution is -2.55. The van der Waals surface area contributed by atoms with E-state index < -0.39 is 5.54 Å². The molecule has 1 aromatic carbocycles. The number of nitrogens with zero attached hydrogens (tertiary/aromatic N) is 4. The number of carbonyl (C=O) groups is 2. The zero-order valence-electron chi connectivity index (χ0n) is 22.1. The van der Waals surface area contributed by atoms with Gasteiger partial charge in [0.25, 0.3) is 0 Å². The Bertz CT molecular complexity index is 1200. The Morgan fingerprint density at radius 2 is 1.89 bits per heavy atom. The molecule has 204 valence electrons. The maximum absolute atomic E-state index is 14.4. The molecule has 0 aliphatic carbocycles. The highest BCUT2D eigenvalue weighted by atomic mass is 19.1. The van der Waals surface area contributed by atoms with Crippen molar-refractivity contribution in [2.45, 2.75) is 37.8 Å². The molecule has 3 aliphatic rings. The Hall–Kier alpha value is -3.28. The molecule has 0 radical (unpaired) electrons. The second kappa shape index (κ2) is 10.8. The monoisotopic (exact) mass is 526 g/mol. The molecular formula is C27H35FN6O4. The molecule has 3 saturated heterocycles. The van der Waals surface area contributed by atoms with Gasteiger partial charge in [0.1, 0.15) is 18.2 Å². The highest BCUT2D eigenvalue weighted by Gasteiger charge is 2.52. The molecule has 2 N–H and O–H groups in total. The van der Waals surface area contributed by atoms with Crippen LogP contribution in [0, 0.1) is 12.7 Å². The van der Waals surface area contributed by atoms with Crippen LogP contribution in [0.1, 0.15) is 35.4 Å². The van der Waals surface area contributed by atoms with Gasteiger partial charge >= 0.3 is 6.03 Å². The summed E-state index contributed by atoms with van der Waals surface area (Å²) in [6.07, 6.45) is 1.21. The van der Waals surface area contributed by atoms with Crippen LogP contribution < -0.4 is 20.5 Å². The van der Waals surface area contributed by atoms with Gasteiger partial charge in [0, 0.05) is 51.3 Å². The van der Waals surface area contributed by atoms with Gasteiger partial charge in [0.2, 0.25) is 11.8 Å². The zero-order valence-corrected chi connectivity index (χ0v) is 22.1. The molecule has 0 atom stereocenters. The Morgan fingerprint density at radius 1 is 1.16 bits per heavy atom. The fraction of sp³-hybridized carbons (Fsp3) is 0.519. The van der Waals surface area contributed by atoms with Crippen molar-refractivity contribution in [3.8, 4) is 5.88 Å². The van der Waals surface area contributed by atoms with E-state index in [-0.39, 0.29) is 36.8 Å². The number of anilines is 1. The van der Waals surface area contributed by atoms with Crippen LogP contribution in [-0.4, -0.2) is 85.8 Å². The van der Waals surface area contributed by atoms with Gasteiger partial charge in [-0.3, -0.25) is 20.5 Å². The number of hydrogen-bond donors (Lipinski definition) is 2. The summed E-state index contributed by atoms with van der Waals surface area (Å²) in [6.45, 7) is 5.03. The highest BCUT2D eigenvalue weighted by molar-refractivity contribution is 5.94. The van der Waals surface area contributed by atoms with Crippen LogP contribution in [0.25, 0.3) is 0 Å². The first-order valence-electron chi connectivity index (χ1n) is 13.0. The standard InChI is InChI=1S/C27H35FN6O4/c1-18-19(5-4-6-22(18)28)15-34-26(36)33(17-27(34)9-11-32(12-10-27)24(35)16-37-2)23-8-7-21(25(31-23)38-3)20-13-29-30-14-20/h4-8,20,29-30H,9-17H2,1-3H3. The summed E-state index contributed by atoms with van der Waals surface area (Å²) in [5, 5.41) is 0. The molecule has 3 aliphatic heterocycles. The van der Waals surface area contributed by atoms with Gasteiger partial charge < -0.3 is 19.3 Å². The molecule has 10 nitrogen and oxygen atoms in total. The number of aromatic nitrogens is 1. The van der Waals surface area contributed by atoms with Gasteiger partial charge in [-0.1, -0.05) is 12.1 Å². The third kappa shape index (κ3) is 4.81. The zero-order chi connectivity index (χ0) is 26.9. The Kier molecular flexibility index (Phi) is 7.51. The SMILES string of the molecule is COCC(=O)N1CCC2(CC1)CN(c1ccc(C3CNNC3)c(OC)n1)C(=O)N2Cc1cccc(F)c1C. The predicted molar refractivity (Wildman–Crippen MR) is 139 cm³/mol. The van der Waals surface area contributed by atoms with Crippen LogP contribution in [0.15, 0.2) is 30.3 Å². The van der Waals surface area contributed by atoms with Crippen LogP contribution in [-0.2, 0) is 16.1 Å². The Labute approximate surface area is 222 Å². The average Bonchev–Trinajstić information content (AvgIpc) is 3.55. The van der Waals surface area contributed by atoms with E-state index in [1.165, 1.54) is 13.2 Å². The summed E-state index contributed by atoms with van der Waals surface area (Å²) in [4.78, 5) is 36.5. The fourth-order valence-corrected chi connectivity index (χ4v) is 5.77. The summed E-state index contributed by atoms with van der Waals surface area (Å²) < 4.78 is 25.0. The predicted octanol–water partition coefficient (Wildman–Crippen LogP) is 2.18. The first kappa shape index (κ1) is 26.3. The summed E-state index contributed by atoms with van der Waals surface area (Å²) in [7, 11) is 3.09. The van der Waals surface area contributed by atoms with Crippen molar-refractivity contribution in [1.82, 2.24) is 25.6 Å².